The Hall–Kier alpha value is -4.20. The highest BCUT2D eigenvalue weighted by molar-refractivity contribution is 6.02. The Labute approximate surface area is 216 Å². The smallest absolute Gasteiger partial charge is 0.304 e. The van der Waals surface area contributed by atoms with Crippen molar-refractivity contribution >= 4 is 34.4 Å². The molecule has 5 N–H and O–H groups in total. The van der Waals surface area contributed by atoms with E-state index in [-0.39, 0.29) is 30.1 Å². The van der Waals surface area contributed by atoms with E-state index in [1.807, 2.05) is 41.3 Å². The molecule has 0 spiro atoms. The summed E-state index contributed by atoms with van der Waals surface area (Å²) in [6.45, 7) is 0.947. The number of carboxylic acids is 1. The summed E-state index contributed by atoms with van der Waals surface area (Å²) in [5, 5.41) is 21.5. The number of carbonyl (C=O) groups excluding carboxylic acids is 2. The third-order valence-corrected chi connectivity index (χ3v) is 6.93. The van der Waals surface area contributed by atoms with E-state index in [1.54, 1.807) is 18.2 Å². The van der Waals surface area contributed by atoms with Crippen molar-refractivity contribution in [1.29, 1.82) is 5.41 Å². The molecular formula is C29H32N4O4. The van der Waals surface area contributed by atoms with Crippen LogP contribution < -0.4 is 11.1 Å². The number of aliphatic carboxylic acids is 1. The van der Waals surface area contributed by atoms with Crippen LogP contribution in [0.4, 0.5) is 0 Å². The van der Waals surface area contributed by atoms with E-state index < -0.39 is 11.9 Å². The minimum Gasteiger partial charge on any atom is -0.481 e. The van der Waals surface area contributed by atoms with Crippen LogP contribution >= 0.6 is 0 Å². The van der Waals surface area contributed by atoms with Crippen LogP contribution in [0, 0.1) is 11.3 Å². The Bertz CT molecular complexity index is 1310. The quantitative estimate of drug-likeness (QED) is 0.236. The minimum absolute atomic E-state index is 0.00572. The van der Waals surface area contributed by atoms with Crippen molar-refractivity contribution in [2.45, 2.75) is 38.1 Å². The number of nitrogens with two attached hydrogens (primary N) is 1. The first kappa shape index (κ1) is 25.9. The number of amidine groups is 1. The number of amides is 2. The summed E-state index contributed by atoms with van der Waals surface area (Å²) in [4.78, 5) is 38.8. The van der Waals surface area contributed by atoms with Crippen LogP contribution in [0.3, 0.4) is 0 Å². The van der Waals surface area contributed by atoms with E-state index in [2.05, 4.69) is 17.4 Å². The SMILES string of the molecule is N=C(N)c1ccc2cc(C(=O)NCC[C@@H]3C[C@@H](CC(=O)O)C(=O)N3CCCc3ccccc3)ccc2c1. The largest absolute Gasteiger partial charge is 0.481 e. The van der Waals surface area contributed by atoms with Gasteiger partial charge < -0.3 is 21.1 Å². The standard InChI is InChI=1S/C29H32N4O4/c30-27(31)22-10-8-21-16-23(11-9-20(21)15-22)28(36)32-13-12-25-17-24(18-26(34)35)29(37)33(25)14-4-7-19-5-2-1-3-6-19/h1-3,5-6,8-11,15-16,24-25H,4,7,12-14,17-18H2,(H3,30,31)(H,32,36)(H,34,35)/t24-,25+/m0/s1. The van der Waals surface area contributed by atoms with Crippen molar-refractivity contribution in [3.63, 3.8) is 0 Å². The van der Waals surface area contributed by atoms with Crippen molar-refractivity contribution in [3.8, 4) is 0 Å². The number of aryl methyl sites for hydroxylation is 1. The molecule has 3 aromatic carbocycles. The molecule has 192 valence electrons. The van der Waals surface area contributed by atoms with Crippen LogP contribution in [0.1, 0.15) is 47.2 Å². The lowest BCUT2D eigenvalue weighted by Gasteiger charge is -2.25. The summed E-state index contributed by atoms with van der Waals surface area (Å²) in [5.74, 6) is -1.81. The molecule has 0 saturated carbocycles. The number of hydrogen-bond acceptors (Lipinski definition) is 4. The number of carboxylic acid groups (broad SMARTS) is 1. The van der Waals surface area contributed by atoms with E-state index in [1.165, 1.54) is 5.56 Å². The molecule has 0 radical (unpaired) electrons. The lowest BCUT2D eigenvalue weighted by Crippen LogP contribution is -2.37. The van der Waals surface area contributed by atoms with Gasteiger partial charge in [0.05, 0.1) is 12.3 Å². The molecule has 1 heterocycles. The van der Waals surface area contributed by atoms with Gasteiger partial charge in [-0.15, -0.1) is 0 Å². The number of nitrogen functional groups attached to an aromatic ring is 1. The van der Waals surface area contributed by atoms with Gasteiger partial charge in [0.25, 0.3) is 5.91 Å². The number of rotatable bonds is 11. The van der Waals surface area contributed by atoms with E-state index >= 15 is 0 Å². The van der Waals surface area contributed by atoms with E-state index in [9.17, 15) is 19.5 Å². The van der Waals surface area contributed by atoms with Crippen LogP contribution in [-0.4, -0.2) is 52.8 Å². The van der Waals surface area contributed by atoms with Gasteiger partial charge in [-0.25, -0.2) is 0 Å². The number of benzene rings is 3. The monoisotopic (exact) mass is 500 g/mol. The highest BCUT2D eigenvalue weighted by Gasteiger charge is 2.39. The van der Waals surface area contributed by atoms with Gasteiger partial charge in [0.2, 0.25) is 5.91 Å². The average Bonchev–Trinajstić information content (AvgIpc) is 3.17. The highest BCUT2D eigenvalue weighted by atomic mass is 16.4. The predicted octanol–water partition coefficient (Wildman–Crippen LogP) is 3.57. The number of nitrogens with zero attached hydrogens (tertiary/aromatic N) is 1. The maximum atomic E-state index is 13.0. The lowest BCUT2D eigenvalue weighted by atomic mass is 10.00. The minimum atomic E-state index is -0.969. The Morgan fingerprint density at radius 3 is 2.38 bits per heavy atom. The predicted molar refractivity (Wildman–Crippen MR) is 143 cm³/mol. The van der Waals surface area contributed by atoms with Gasteiger partial charge in [0, 0.05) is 30.3 Å². The summed E-state index contributed by atoms with van der Waals surface area (Å²) in [6, 6.07) is 20.7. The molecule has 2 amide bonds. The molecule has 0 bridgehead atoms. The summed E-state index contributed by atoms with van der Waals surface area (Å²) >= 11 is 0. The fourth-order valence-electron chi connectivity index (χ4n) is 5.03. The first-order valence-electron chi connectivity index (χ1n) is 12.5. The molecule has 0 aromatic heterocycles. The molecule has 8 nitrogen and oxygen atoms in total. The third kappa shape index (κ3) is 6.52. The normalized spacial score (nSPS) is 17.2. The molecule has 1 aliphatic heterocycles. The maximum Gasteiger partial charge on any atom is 0.304 e. The summed E-state index contributed by atoms with van der Waals surface area (Å²) in [7, 11) is 0. The maximum absolute atomic E-state index is 13.0. The fraction of sp³-hybridized carbons (Fsp3) is 0.310. The number of hydrogen-bond donors (Lipinski definition) is 4. The Balaban J connectivity index is 1.35. The van der Waals surface area contributed by atoms with E-state index in [4.69, 9.17) is 11.1 Å². The molecule has 1 fully saturated rings. The summed E-state index contributed by atoms with van der Waals surface area (Å²) < 4.78 is 0. The molecule has 0 aliphatic carbocycles. The van der Waals surface area contributed by atoms with Crippen molar-refractivity contribution in [2.75, 3.05) is 13.1 Å². The molecule has 1 saturated heterocycles. The Morgan fingerprint density at radius 1 is 1.03 bits per heavy atom. The molecule has 1 aliphatic rings. The van der Waals surface area contributed by atoms with Crippen molar-refractivity contribution < 1.29 is 19.5 Å². The van der Waals surface area contributed by atoms with Crippen LogP contribution in [0.2, 0.25) is 0 Å². The van der Waals surface area contributed by atoms with Gasteiger partial charge in [-0.3, -0.25) is 19.8 Å². The molecule has 37 heavy (non-hydrogen) atoms. The van der Waals surface area contributed by atoms with Gasteiger partial charge in [-0.2, -0.15) is 0 Å². The first-order chi connectivity index (χ1) is 17.8. The second-order valence-electron chi connectivity index (χ2n) is 9.54. The number of likely N-dealkylation sites (tertiary alicyclic amines) is 1. The van der Waals surface area contributed by atoms with Crippen molar-refractivity contribution in [1.82, 2.24) is 10.2 Å². The van der Waals surface area contributed by atoms with Gasteiger partial charge in [0.15, 0.2) is 0 Å². The van der Waals surface area contributed by atoms with Crippen molar-refractivity contribution in [2.24, 2.45) is 11.7 Å². The van der Waals surface area contributed by atoms with Crippen LogP contribution in [-0.2, 0) is 16.0 Å². The molecule has 2 atom stereocenters. The van der Waals surface area contributed by atoms with Gasteiger partial charge in [0.1, 0.15) is 5.84 Å². The van der Waals surface area contributed by atoms with Gasteiger partial charge >= 0.3 is 5.97 Å². The molecule has 4 rings (SSSR count). The Morgan fingerprint density at radius 2 is 1.70 bits per heavy atom. The highest BCUT2D eigenvalue weighted by Crippen LogP contribution is 2.29. The van der Waals surface area contributed by atoms with Crippen molar-refractivity contribution in [3.05, 3.63) is 83.4 Å². The first-order valence-corrected chi connectivity index (χ1v) is 12.5. The van der Waals surface area contributed by atoms with E-state index in [0.29, 0.717) is 37.1 Å². The Kier molecular flexibility index (Phi) is 8.18. The zero-order valence-corrected chi connectivity index (χ0v) is 20.7. The average molecular weight is 501 g/mol. The van der Waals surface area contributed by atoms with Crippen LogP contribution in [0.5, 0.6) is 0 Å². The topological polar surface area (TPSA) is 137 Å². The number of fused-ring (bicyclic) bond motifs is 1. The van der Waals surface area contributed by atoms with Crippen LogP contribution in [0.25, 0.3) is 10.8 Å². The molecular weight excluding hydrogens is 468 g/mol. The fourth-order valence-corrected chi connectivity index (χ4v) is 5.03. The molecule has 3 aromatic rings. The second kappa shape index (κ2) is 11.7. The second-order valence-corrected chi connectivity index (χ2v) is 9.54. The summed E-state index contributed by atoms with van der Waals surface area (Å²) in [5.41, 5.74) is 7.91. The zero-order chi connectivity index (χ0) is 26.4. The molecule has 0 unspecified atom stereocenters. The van der Waals surface area contributed by atoms with Gasteiger partial charge in [-0.1, -0.05) is 48.5 Å². The number of nitrogens with one attached hydrogen (secondary N) is 2. The lowest BCUT2D eigenvalue weighted by molar-refractivity contribution is -0.142. The summed E-state index contributed by atoms with van der Waals surface area (Å²) in [6.07, 6.45) is 2.52. The van der Waals surface area contributed by atoms with E-state index in [0.717, 1.165) is 23.6 Å². The zero-order valence-electron chi connectivity index (χ0n) is 20.7. The van der Waals surface area contributed by atoms with Crippen LogP contribution in [0.15, 0.2) is 66.7 Å². The number of carbonyl (C=O) groups is 3. The van der Waals surface area contributed by atoms with Gasteiger partial charge in [-0.05, 0) is 60.2 Å². The molecule has 8 heteroatoms. The third-order valence-electron chi connectivity index (χ3n) is 6.93.